The molecule has 2 aromatic rings. The van der Waals surface area contributed by atoms with E-state index >= 15 is 0 Å². The maximum absolute atomic E-state index is 12.0. The minimum absolute atomic E-state index is 0.0911. The Morgan fingerprint density at radius 2 is 1.79 bits per heavy atom. The first-order chi connectivity index (χ1) is 11.6. The Morgan fingerprint density at radius 1 is 1.04 bits per heavy atom. The van der Waals surface area contributed by atoms with E-state index < -0.39 is 0 Å². The number of urea groups is 1. The van der Waals surface area contributed by atoms with Crippen LogP contribution in [0.25, 0.3) is 0 Å². The summed E-state index contributed by atoms with van der Waals surface area (Å²) in [6.07, 6.45) is 1.54. The van der Waals surface area contributed by atoms with Crippen LogP contribution in [0.5, 0.6) is 0 Å². The molecule has 3 amide bonds. The number of benzene rings is 1. The Kier molecular flexibility index (Phi) is 6.42. The molecular formula is C18H23N3O3. The smallest absolute Gasteiger partial charge is 0.315 e. The number of carbonyl (C=O) groups excluding carboxylic acids is 2. The van der Waals surface area contributed by atoms with Gasteiger partial charge in [0.2, 0.25) is 5.91 Å². The number of nitrogens with one attached hydrogen (secondary N) is 3. The van der Waals surface area contributed by atoms with Gasteiger partial charge in [-0.1, -0.05) is 44.2 Å². The summed E-state index contributed by atoms with van der Waals surface area (Å²) >= 11 is 0. The third kappa shape index (κ3) is 5.46. The van der Waals surface area contributed by atoms with Crippen LogP contribution in [0.3, 0.4) is 0 Å². The molecule has 1 heterocycles. The fraction of sp³-hybridized carbons (Fsp3) is 0.333. The maximum atomic E-state index is 12.0. The van der Waals surface area contributed by atoms with Crippen LogP contribution in [0.2, 0.25) is 0 Å². The molecule has 1 aromatic carbocycles. The van der Waals surface area contributed by atoms with Gasteiger partial charge in [-0.3, -0.25) is 4.79 Å². The lowest BCUT2D eigenvalue weighted by Crippen LogP contribution is -2.44. The van der Waals surface area contributed by atoms with Gasteiger partial charge in [0.05, 0.1) is 25.4 Å². The second-order valence-electron chi connectivity index (χ2n) is 5.82. The quantitative estimate of drug-likeness (QED) is 0.730. The second kappa shape index (κ2) is 8.76. The van der Waals surface area contributed by atoms with Crippen molar-refractivity contribution < 1.29 is 14.0 Å². The van der Waals surface area contributed by atoms with Gasteiger partial charge in [0.1, 0.15) is 5.76 Å². The van der Waals surface area contributed by atoms with Crippen LogP contribution in [0.1, 0.15) is 31.2 Å². The average molecular weight is 329 g/mol. The Bertz CT molecular complexity index is 639. The van der Waals surface area contributed by atoms with Crippen molar-refractivity contribution in [2.45, 2.75) is 26.4 Å². The number of rotatable bonds is 7. The highest BCUT2D eigenvalue weighted by Crippen LogP contribution is 2.20. The molecule has 6 nitrogen and oxygen atoms in total. The van der Waals surface area contributed by atoms with Crippen molar-refractivity contribution in [3.63, 3.8) is 0 Å². The molecule has 1 unspecified atom stereocenters. The minimum Gasteiger partial charge on any atom is -0.467 e. The normalized spacial score (nSPS) is 11.8. The van der Waals surface area contributed by atoms with E-state index in [0.717, 1.165) is 5.56 Å². The first kappa shape index (κ1) is 17.6. The van der Waals surface area contributed by atoms with Crippen molar-refractivity contribution in [1.82, 2.24) is 16.0 Å². The first-order valence-corrected chi connectivity index (χ1v) is 7.94. The lowest BCUT2D eigenvalue weighted by atomic mass is 9.96. The molecule has 3 N–H and O–H groups in total. The number of carbonyl (C=O) groups is 2. The molecule has 0 aliphatic heterocycles. The van der Waals surface area contributed by atoms with Crippen molar-refractivity contribution in [3.8, 4) is 0 Å². The summed E-state index contributed by atoms with van der Waals surface area (Å²) in [5.74, 6) is 0.616. The summed E-state index contributed by atoms with van der Waals surface area (Å²) in [4.78, 5) is 23.8. The zero-order valence-corrected chi connectivity index (χ0v) is 13.9. The van der Waals surface area contributed by atoms with Crippen LogP contribution in [0, 0.1) is 5.92 Å². The highest BCUT2D eigenvalue weighted by Gasteiger charge is 2.18. The second-order valence-corrected chi connectivity index (χ2v) is 5.82. The molecule has 6 heteroatoms. The fourth-order valence-electron chi connectivity index (χ4n) is 2.31. The molecule has 0 radical (unpaired) electrons. The van der Waals surface area contributed by atoms with Gasteiger partial charge < -0.3 is 20.4 Å². The van der Waals surface area contributed by atoms with Gasteiger partial charge in [0.15, 0.2) is 0 Å². The molecule has 0 aliphatic carbocycles. The van der Waals surface area contributed by atoms with E-state index in [2.05, 4.69) is 16.0 Å². The van der Waals surface area contributed by atoms with Gasteiger partial charge in [-0.2, -0.15) is 0 Å². The Hall–Kier alpha value is -2.76. The molecule has 0 saturated heterocycles. The molecule has 128 valence electrons. The van der Waals surface area contributed by atoms with Crippen LogP contribution >= 0.6 is 0 Å². The monoisotopic (exact) mass is 329 g/mol. The summed E-state index contributed by atoms with van der Waals surface area (Å²) in [7, 11) is 0. The van der Waals surface area contributed by atoms with E-state index in [1.165, 1.54) is 0 Å². The minimum atomic E-state index is -0.370. The fourth-order valence-corrected chi connectivity index (χ4v) is 2.31. The van der Waals surface area contributed by atoms with E-state index in [0.29, 0.717) is 12.3 Å². The van der Waals surface area contributed by atoms with E-state index in [-0.39, 0.29) is 30.4 Å². The van der Waals surface area contributed by atoms with Gasteiger partial charge in [-0.15, -0.1) is 0 Å². The number of furan rings is 1. The van der Waals surface area contributed by atoms with Gasteiger partial charge in [0.25, 0.3) is 0 Å². The van der Waals surface area contributed by atoms with Gasteiger partial charge in [-0.25, -0.2) is 4.79 Å². The number of amides is 3. The van der Waals surface area contributed by atoms with E-state index in [4.69, 9.17) is 4.42 Å². The summed E-state index contributed by atoms with van der Waals surface area (Å²) in [6, 6.07) is 12.8. The SMILES string of the molecule is CC(C)C(NC(=O)NCC(=O)NCc1ccco1)c1ccccc1. The van der Waals surface area contributed by atoms with Crippen LogP contribution in [-0.4, -0.2) is 18.5 Å². The third-order valence-electron chi connectivity index (χ3n) is 3.56. The van der Waals surface area contributed by atoms with Crippen molar-refractivity contribution in [1.29, 1.82) is 0 Å². The Labute approximate surface area is 141 Å². The standard InChI is InChI=1S/C18H23N3O3/c1-13(2)17(14-7-4-3-5-8-14)21-18(23)20-12-16(22)19-11-15-9-6-10-24-15/h3-10,13,17H,11-12H2,1-2H3,(H,19,22)(H2,20,21,23). The van der Waals surface area contributed by atoms with Crippen LogP contribution in [0.4, 0.5) is 4.79 Å². The molecule has 0 aliphatic rings. The van der Waals surface area contributed by atoms with Crippen molar-refractivity contribution in [2.75, 3.05) is 6.54 Å². The summed E-state index contributed by atoms with van der Waals surface area (Å²) in [5.41, 5.74) is 1.03. The predicted molar refractivity (Wildman–Crippen MR) is 91.1 cm³/mol. The van der Waals surface area contributed by atoms with Crippen LogP contribution in [0.15, 0.2) is 53.1 Å². The predicted octanol–water partition coefficient (Wildman–Crippen LogP) is 2.59. The van der Waals surface area contributed by atoms with E-state index in [1.54, 1.807) is 18.4 Å². The molecule has 24 heavy (non-hydrogen) atoms. The molecular weight excluding hydrogens is 306 g/mol. The summed E-state index contributed by atoms with van der Waals surface area (Å²) in [5, 5.41) is 8.16. The maximum Gasteiger partial charge on any atom is 0.315 e. The molecule has 1 aromatic heterocycles. The highest BCUT2D eigenvalue weighted by atomic mass is 16.3. The zero-order chi connectivity index (χ0) is 17.4. The molecule has 0 bridgehead atoms. The number of hydrogen-bond acceptors (Lipinski definition) is 3. The zero-order valence-electron chi connectivity index (χ0n) is 13.9. The molecule has 0 fully saturated rings. The van der Waals surface area contributed by atoms with Gasteiger partial charge in [0, 0.05) is 0 Å². The van der Waals surface area contributed by atoms with Crippen LogP contribution in [-0.2, 0) is 11.3 Å². The van der Waals surface area contributed by atoms with Crippen molar-refractivity contribution in [2.24, 2.45) is 5.92 Å². The average Bonchev–Trinajstić information content (AvgIpc) is 3.10. The lowest BCUT2D eigenvalue weighted by molar-refractivity contribution is -0.120. The Balaban J connectivity index is 1.77. The molecule has 0 saturated carbocycles. The molecule has 2 rings (SSSR count). The summed E-state index contributed by atoms with van der Waals surface area (Å²) < 4.78 is 5.12. The summed E-state index contributed by atoms with van der Waals surface area (Å²) in [6.45, 7) is 4.28. The molecule has 1 atom stereocenters. The third-order valence-corrected chi connectivity index (χ3v) is 3.56. The van der Waals surface area contributed by atoms with Crippen LogP contribution < -0.4 is 16.0 Å². The Morgan fingerprint density at radius 3 is 2.42 bits per heavy atom. The van der Waals surface area contributed by atoms with E-state index in [1.807, 2.05) is 44.2 Å². The van der Waals surface area contributed by atoms with E-state index in [9.17, 15) is 9.59 Å². The van der Waals surface area contributed by atoms with Gasteiger partial charge >= 0.3 is 6.03 Å². The lowest BCUT2D eigenvalue weighted by Gasteiger charge is -2.23. The topological polar surface area (TPSA) is 83.4 Å². The first-order valence-electron chi connectivity index (χ1n) is 7.94. The van der Waals surface area contributed by atoms with Gasteiger partial charge in [-0.05, 0) is 23.6 Å². The largest absolute Gasteiger partial charge is 0.467 e. The van der Waals surface area contributed by atoms with Crippen molar-refractivity contribution >= 4 is 11.9 Å². The number of hydrogen-bond donors (Lipinski definition) is 3. The highest BCUT2D eigenvalue weighted by molar-refractivity contribution is 5.84. The van der Waals surface area contributed by atoms with Crippen molar-refractivity contribution in [3.05, 3.63) is 60.1 Å². The molecule has 0 spiro atoms.